The average Bonchev–Trinajstić information content (AvgIpc) is 2.98. The molecule has 2 rings (SSSR count). The van der Waals surface area contributed by atoms with E-state index in [1.807, 2.05) is 7.05 Å². The lowest BCUT2D eigenvalue weighted by atomic mass is 10.2. The number of hydrogen-bond donors (Lipinski definition) is 1. The summed E-state index contributed by atoms with van der Waals surface area (Å²) in [5.41, 5.74) is 1.36. The number of ether oxygens (including phenoxy) is 1. The molecular weight excluding hydrogens is 272 g/mol. The molecule has 7 nitrogen and oxygen atoms in total. The van der Waals surface area contributed by atoms with Crippen molar-refractivity contribution in [1.29, 1.82) is 0 Å². The van der Waals surface area contributed by atoms with E-state index in [0.717, 1.165) is 25.2 Å². The SMILES string of the molecule is CCOC(=O)c1cnn(C)c1CN1CCC(NC(C)=O)C1. The quantitative estimate of drug-likeness (QED) is 0.791. The van der Waals surface area contributed by atoms with Gasteiger partial charge in [-0.05, 0) is 13.3 Å². The van der Waals surface area contributed by atoms with Gasteiger partial charge in [-0.15, -0.1) is 0 Å². The second-order valence-corrected chi connectivity index (χ2v) is 5.27. The van der Waals surface area contributed by atoms with Gasteiger partial charge in [0.15, 0.2) is 0 Å². The molecular formula is C14H22N4O3. The van der Waals surface area contributed by atoms with Crippen LogP contribution in [0.5, 0.6) is 0 Å². The Morgan fingerprint density at radius 1 is 1.52 bits per heavy atom. The highest BCUT2D eigenvalue weighted by molar-refractivity contribution is 5.90. The molecule has 1 aromatic rings. The molecule has 0 radical (unpaired) electrons. The first-order valence-electron chi connectivity index (χ1n) is 7.18. The third kappa shape index (κ3) is 3.81. The number of aryl methyl sites for hydroxylation is 1. The van der Waals surface area contributed by atoms with Crippen molar-refractivity contribution in [2.75, 3.05) is 19.7 Å². The summed E-state index contributed by atoms with van der Waals surface area (Å²) in [7, 11) is 1.82. The van der Waals surface area contributed by atoms with Gasteiger partial charge < -0.3 is 10.1 Å². The molecule has 1 aromatic heterocycles. The number of nitrogens with zero attached hydrogens (tertiary/aromatic N) is 3. The van der Waals surface area contributed by atoms with Gasteiger partial charge in [0.2, 0.25) is 5.91 Å². The van der Waals surface area contributed by atoms with Gasteiger partial charge in [0, 0.05) is 39.6 Å². The second-order valence-electron chi connectivity index (χ2n) is 5.27. The van der Waals surface area contributed by atoms with Gasteiger partial charge in [0.05, 0.1) is 18.5 Å². The smallest absolute Gasteiger partial charge is 0.341 e. The molecule has 1 aliphatic heterocycles. The molecule has 1 N–H and O–H groups in total. The van der Waals surface area contributed by atoms with Crippen molar-refractivity contribution in [3.8, 4) is 0 Å². The molecule has 1 atom stereocenters. The monoisotopic (exact) mass is 294 g/mol. The topological polar surface area (TPSA) is 76.5 Å². The predicted octanol–water partition coefficient (Wildman–Crippen LogP) is 0.307. The number of likely N-dealkylation sites (tertiary alicyclic amines) is 1. The van der Waals surface area contributed by atoms with Crippen LogP contribution in [0, 0.1) is 0 Å². The van der Waals surface area contributed by atoms with E-state index < -0.39 is 0 Å². The zero-order chi connectivity index (χ0) is 15.4. The Morgan fingerprint density at radius 2 is 2.29 bits per heavy atom. The molecule has 1 amide bonds. The number of nitrogens with one attached hydrogen (secondary N) is 1. The molecule has 1 unspecified atom stereocenters. The highest BCUT2D eigenvalue weighted by Gasteiger charge is 2.26. The lowest BCUT2D eigenvalue weighted by Gasteiger charge is -2.17. The van der Waals surface area contributed by atoms with E-state index in [4.69, 9.17) is 4.74 Å². The maximum absolute atomic E-state index is 11.9. The third-order valence-electron chi connectivity index (χ3n) is 3.61. The number of carbonyl (C=O) groups excluding carboxylic acids is 2. The van der Waals surface area contributed by atoms with E-state index in [-0.39, 0.29) is 17.9 Å². The van der Waals surface area contributed by atoms with Crippen molar-refractivity contribution in [2.45, 2.75) is 32.9 Å². The normalized spacial score (nSPS) is 18.7. The Kier molecular flexibility index (Phi) is 4.95. The van der Waals surface area contributed by atoms with Gasteiger partial charge in [0.1, 0.15) is 5.56 Å². The van der Waals surface area contributed by atoms with E-state index in [1.54, 1.807) is 17.8 Å². The van der Waals surface area contributed by atoms with Gasteiger partial charge in [-0.1, -0.05) is 0 Å². The summed E-state index contributed by atoms with van der Waals surface area (Å²) in [6.45, 7) is 5.96. The first kappa shape index (κ1) is 15.5. The van der Waals surface area contributed by atoms with Gasteiger partial charge in [-0.3, -0.25) is 14.4 Å². The lowest BCUT2D eigenvalue weighted by Crippen LogP contribution is -2.35. The molecule has 2 heterocycles. The minimum Gasteiger partial charge on any atom is -0.462 e. The first-order valence-corrected chi connectivity index (χ1v) is 7.18. The Hall–Kier alpha value is -1.89. The van der Waals surface area contributed by atoms with E-state index in [2.05, 4.69) is 15.3 Å². The molecule has 0 aromatic carbocycles. The summed E-state index contributed by atoms with van der Waals surface area (Å²) in [5.74, 6) is -0.340. The van der Waals surface area contributed by atoms with Gasteiger partial charge in [-0.2, -0.15) is 5.10 Å². The van der Waals surface area contributed by atoms with Crippen molar-refractivity contribution in [3.63, 3.8) is 0 Å². The Morgan fingerprint density at radius 3 is 2.95 bits per heavy atom. The number of esters is 1. The van der Waals surface area contributed by atoms with Crippen molar-refractivity contribution in [1.82, 2.24) is 20.0 Å². The van der Waals surface area contributed by atoms with E-state index in [0.29, 0.717) is 18.7 Å². The number of aromatic nitrogens is 2. The maximum Gasteiger partial charge on any atom is 0.341 e. The van der Waals surface area contributed by atoms with Crippen LogP contribution in [0.4, 0.5) is 0 Å². The molecule has 1 saturated heterocycles. The van der Waals surface area contributed by atoms with Crippen molar-refractivity contribution >= 4 is 11.9 Å². The zero-order valence-corrected chi connectivity index (χ0v) is 12.8. The van der Waals surface area contributed by atoms with E-state index in [1.165, 1.54) is 6.92 Å². The number of hydrogen-bond acceptors (Lipinski definition) is 5. The van der Waals surface area contributed by atoms with Crippen LogP contribution in [0.2, 0.25) is 0 Å². The van der Waals surface area contributed by atoms with Crippen molar-refractivity contribution in [3.05, 3.63) is 17.5 Å². The number of amides is 1. The Labute approximate surface area is 124 Å². The zero-order valence-electron chi connectivity index (χ0n) is 12.8. The third-order valence-corrected chi connectivity index (χ3v) is 3.61. The molecule has 0 bridgehead atoms. The molecule has 0 spiro atoms. The van der Waals surface area contributed by atoms with Crippen LogP contribution in [0.25, 0.3) is 0 Å². The van der Waals surface area contributed by atoms with Gasteiger partial charge >= 0.3 is 5.97 Å². The minimum atomic E-state index is -0.335. The average molecular weight is 294 g/mol. The molecule has 1 aliphatic rings. The van der Waals surface area contributed by atoms with Crippen LogP contribution < -0.4 is 5.32 Å². The highest BCUT2D eigenvalue weighted by atomic mass is 16.5. The fourth-order valence-corrected chi connectivity index (χ4v) is 2.62. The van der Waals surface area contributed by atoms with Crippen LogP contribution in [0.3, 0.4) is 0 Å². The summed E-state index contributed by atoms with van der Waals surface area (Å²) < 4.78 is 6.76. The minimum absolute atomic E-state index is 0.00500. The lowest BCUT2D eigenvalue weighted by molar-refractivity contribution is -0.119. The molecule has 7 heteroatoms. The first-order chi connectivity index (χ1) is 10.0. The van der Waals surface area contributed by atoms with Gasteiger partial charge in [0.25, 0.3) is 0 Å². The number of rotatable bonds is 5. The molecule has 116 valence electrons. The summed E-state index contributed by atoms with van der Waals surface area (Å²) in [4.78, 5) is 25.2. The van der Waals surface area contributed by atoms with Gasteiger partial charge in [-0.25, -0.2) is 4.79 Å². The van der Waals surface area contributed by atoms with Crippen molar-refractivity contribution < 1.29 is 14.3 Å². The number of carbonyl (C=O) groups is 2. The largest absolute Gasteiger partial charge is 0.462 e. The van der Waals surface area contributed by atoms with Crippen LogP contribution in [-0.4, -0.2) is 52.3 Å². The standard InChI is InChI=1S/C14H22N4O3/c1-4-21-14(20)12-7-15-17(3)13(12)9-18-6-5-11(8-18)16-10(2)19/h7,11H,4-6,8-9H2,1-3H3,(H,16,19). The Bertz CT molecular complexity index is 526. The molecule has 21 heavy (non-hydrogen) atoms. The summed E-state index contributed by atoms with van der Waals surface area (Å²) in [5, 5.41) is 7.08. The summed E-state index contributed by atoms with van der Waals surface area (Å²) >= 11 is 0. The van der Waals surface area contributed by atoms with Crippen molar-refractivity contribution in [2.24, 2.45) is 7.05 Å². The maximum atomic E-state index is 11.9. The summed E-state index contributed by atoms with van der Waals surface area (Å²) in [6, 6.07) is 0.182. The van der Waals surface area contributed by atoms with Crippen LogP contribution >= 0.6 is 0 Å². The molecule has 1 fully saturated rings. The fraction of sp³-hybridized carbons (Fsp3) is 0.643. The highest BCUT2D eigenvalue weighted by Crippen LogP contribution is 2.17. The van der Waals surface area contributed by atoms with Crippen LogP contribution in [0.1, 0.15) is 36.3 Å². The van der Waals surface area contributed by atoms with E-state index in [9.17, 15) is 9.59 Å². The van der Waals surface area contributed by atoms with Crippen LogP contribution in [-0.2, 0) is 23.1 Å². The molecule has 0 saturated carbocycles. The fourth-order valence-electron chi connectivity index (χ4n) is 2.62. The molecule has 0 aliphatic carbocycles. The second kappa shape index (κ2) is 6.71. The Balaban J connectivity index is 2.02. The predicted molar refractivity (Wildman–Crippen MR) is 76.7 cm³/mol. The summed E-state index contributed by atoms with van der Waals surface area (Å²) in [6.07, 6.45) is 2.47. The van der Waals surface area contributed by atoms with Crippen LogP contribution in [0.15, 0.2) is 6.20 Å². The van der Waals surface area contributed by atoms with E-state index >= 15 is 0 Å².